The quantitative estimate of drug-likeness (QED) is 0.244. The summed E-state index contributed by atoms with van der Waals surface area (Å²) in [6.45, 7) is 7.36. The number of para-hydroxylation sites is 1. The predicted molar refractivity (Wildman–Crippen MR) is 171 cm³/mol. The lowest BCUT2D eigenvalue weighted by atomic mass is 9.99. The van der Waals surface area contributed by atoms with Gasteiger partial charge in [0.15, 0.2) is 11.5 Å². The molecule has 13 heteroatoms. The largest absolute Gasteiger partial charge is 0.485 e. The number of amides is 4. The lowest BCUT2D eigenvalue weighted by molar-refractivity contribution is 0.0372. The van der Waals surface area contributed by atoms with Gasteiger partial charge in [0.25, 0.3) is 11.8 Å². The zero-order valence-electron chi connectivity index (χ0n) is 25.7. The molecule has 4 amide bonds. The highest BCUT2D eigenvalue weighted by molar-refractivity contribution is 7.13. The number of ether oxygens (including phenoxy) is 1. The van der Waals surface area contributed by atoms with Gasteiger partial charge in [-0.3, -0.25) is 9.59 Å². The van der Waals surface area contributed by atoms with Crippen LogP contribution in [0, 0.1) is 19.8 Å². The second-order valence-electron chi connectivity index (χ2n) is 11.2. The monoisotopic (exact) mass is 632 g/mol. The van der Waals surface area contributed by atoms with Crippen LogP contribution in [0.2, 0.25) is 0 Å². The highest BCUT2D eigenvalue weighted by Crippen LogP contribution is 2.35. The molecule has 5 rings (SSSR count). The van der Waals surface area contributed by atoms with Crippen LogP contribution in [0.3, 0.4) is 0 Å². The molecule has 3 N–H and O–H groups in total. The summed E-state index contributed by atoms with van der Waals surface area (Å²) >= 11 is 1.51. The molecule has 1 aliphatic rings. The van der Waals surface area contributed by atoms with Gasteiger partial charge in [-0.15, -0.1) is 11.3 Å². The third-order valence-corrected chi connectivity index (χ3v) is 8.65. The Labute approximate surface area is 265 Å². The van der Waals surface area contributed by atoms with Gasteiger partial charge in [-0.2, -0.15) is 0 Å². The number of rotatable bonds is 8. The van der Waals surface area contributed by atoms with E-state index in [0.717, 1.165) is 10.6 Å². The Bertz CT molecular complexity index is 1650. The van der Waals surface area contributed by atoms with Crippen molar-refractivity contribution in [3.05, 3.63) is 76.6 Å². The van der Waals surface area contributed by atoms with Crippen molar-refractivity contribution in [2.24, 2.45) is 5.92 Å². The maximum Gasteiger partial charge on any atom is 0.321 e. The van der Waals surface area contributed by atoms with Gasteiger partial charge in [-0.1, -0.05) is 30.3 Å². The van der Waals surface area contributed by atoms with Crippen molar-refractivity contribution < 1.29 is 28.8 Å². The number of carbonyl (C=O) groups is 3. The molecule has 3 heterocycles. The van der Waals surface area contributed by atoms with Crippen LogP contribution in [0.4, 0.5) is 16.2 Å². The van der Waals surface area contributed by atoms with E-state index in [9.17, 15) is 19.5 Å². The molecule has 236 valence electrons. The molecular formula is C32H36N6O6S. The minimum atomic E-state index is -0.582. The lowest BCUT2D eigenvalue weighted by Gasteiger charge is -2.38. The third kappa shape index (κ3) is 6.84. The molecule has 2 aromatic carbocycles. The molecule has 3 atom stereocenters. The van der Waals surface area contributed by atoms with Gasteiger partial charge in [-0.05, 0) is 45.0 Å². The third-order valence-electron chi connectivity index (χ3n) is 7.83. The van der Waals surface area contributed by atoms with Crippen molar-refractivity contribution in [2.75, 3.05) is 37.4 Å². The molecule has 0 spiro atoms. The Morgan fingerprint density at radius 1 is 1.18 bits per heavy atom. The molecule has 0 bridgehead atoms. The number of urea groups is 1. The van der Waals surface area contributed by atoms with Gasteiger partial charge in [-0.25, -0.2) is 9.78 Å². The number of aryl methyl sites for hydroxylation is 2. The zero-order chi connectivity index (χ0) is 32.2. The number of benzene rings is 2. The summed E-state index contributed by atoms with van der Waals surface area (Å²) in [6.07, 6.45) is 1.14. The van der Waals surface area contributed by atoms with E-state index in [4.69, 9.17) is 9.26 Å². The van der Waals surface area contributed by atoms with Crippen molar-refractivity contribution in [3.63, 3.8) is 0 Å². The van der Waals surface area contributed by atoms with Gasteiger partial charge in [0.1, 0.15) is 22.5 Å². The molecule has 4 aromatic rings. The Balaban J connectivity index is 1.43. The number of nitrogens with one attached hydrogen (secondary N) is 2. The number of fused-ring (bicyclic) bond motifs is 1. The van der Waals surface area contributed by atoms with Crippen molar-refractivity contribution in [2.45, 2.75) is 39.8 Å². The van der Waals surface area contributed by atoms with Crippen LogP contribution in [-0.4, -0.2) is 81.8 Å². The molecule has 0 unspecified atom stereocenters. The van der Waals surface area contributed by atoms with Crippen LogP contribution in [0.5, 0.6) is 5.75 Å². The van der Waals surface area contributed by atoms with Gasteiger partial charge < -0.3 is 34.8 Å². The first-order valence-corrected chi connectivity index (χ1v) is 15.4. The van der Waals surface area contributed by atoms with E-state index in [0.29, 0.717) is 28.4 Å². The Kier molecular flexibility index (Phi) is 9.49. The minimum Gasteiger partial charge on any atom is -0.485 e. The molecule has 0 fully saturated rings. The molecule has 0 aliphatic carbocycles. The molecule has 12 nitrogen and oxygen atoms in total. The van der Waals surface area contributed by atoms with Gasteiger partial charge in [0.2, 0.25) is 0 Å². The van der Waals surface area contributed by atoms with Crippen LogP contribution in [0.25, 0.3) is 10.6 Å². The number of thiazole rings is 1. The topological polar surface area (TPSA) is 150 Å². The normalized spacial score (nSPS) is 17.0. The molecule has 1 aliphatic heterocycles. The number of hydrogen-bond donors (Lipinski definition) is 3. The maximum atomic E-state index is 13.8. The van der Waals surface area contributed by atoms with Gasteiger partial charge in [0.05, 0.1) is 30.4 Å². The van der Waals surface area contributed by atoms with Crippen LogP contribution >= 0.6 is 11.3 Å². The first-order valence-electron chi connectivity index (χ1n) is 14.5. The second kappa shape index (κ2) is 13.5. The van der Waals surface area contributed by atoms with Crippen molar-refractivity contribution in [1.29, 1.82) is 0 Å². The molecule has 0 saturated heterocycles. The summed E-state index contributed by atoms with van der Waals surface area (Å²) in [5.74, 6) is -0.281. The maximum absolute atomic E-state index is 13.8. The molecule has 2 aromatic heterocycles. The summed E-state index contributed by atoms with van der Waals surface area (Å²) < 4.78 is 11.7. The fourth-order valence-corrected chi connectivity index (χ4v) is 5.75. The number of nitrogens with zero attached hydrogens (tertiary/aromatic N) is 4. The first-order chi connectivity index (χ1) is 21.6. The fourth-order valence-electron chi connectivity index (χ4n) is 5.10. The number of aromatic nitrogens is 2. The molecular weight excluding hydrogens is 596 g/mol. The first kappa shape index (κ1) is 31.7. The van der Waals surface area contributed by atoms with Crippen LogP contribution in [0.1, 0.15) is 46.0 Å². The summed E-state index contributed by atoms with van der Waals surface area (Å²) in [7, 11) is 1.64. The summed E-state index contributed by atoms with van der Waals surface area (Å²) in [4.78, 5) is 47.8. The number of carbonyl (C=O) groups excluding carboxylic acids is 3. The average molecular weight is 633 g/mol. The Morgan fingerprint density at radius 3 is 2.58 bits per heavy atom. The van der Waals surface area contributed by atoms with E-state index in [1.807, 2.05) is 24.4 Å². The van der Waals surface area contributed by atoms with E-state index in [1.165, 1.54) is 16.2 Å². The van der Waals surface area contributed by atoms with E-state index >= 15 is 0 Å². The van der Waals surface area contributed by atoms with Gasteiger partial charge in [0, 0.05) is 42.2 Å². The van der Waals surface area contributed by atoms with Crippen molar-refractivity contribution >= 4 is 40.6 Å². The van der Waals surface area contributed by atoms with Crippen LogP contribution < -0.4 is 15.4 Å². The fraction of sp³-hybridized carbons (Fsp3) is 0.344. The number of aliphatic hydroxyl groups is 1. The number of anilines is 2. The standard InChI is InChI=1S/C32H36N6O6S/c1-18-15-38(19(2)17-39)31(41)24-7-6-8-25(34-29(40)22-9-11-23(12-10-22)30-33-13-14-45-30)28(24)43-26(18)16-37(5)32(42)35-27-20(3)36-44-21(27)4/h6-14,18-19,26,39H,15-17H2,1-5H3,(H,34,40)(H,35,42)/t18-,19-,26-/m0/s1. The Morgan fingerprint density at radius 2 is 1.93 bits per heavy atom. The van der Waals surface area contributed by atoms with E-state index in [1.54, 1.807) is 69.2 Å². The van der Waals surface area contributed by atoms with Crippen LogP contribution in [-0.2, 0) is 0 Å². The zero-order valence-corrected chi connectivity index (χ0v) is 26.6. The minimum absolute atomic E-state index is 0.159. The average Bonchev–Trinajstić information content (AvgIpc) is 3.69. The van der Waals surface area contributed by atoms with Crippen molar-refractivity contribution in [1.82, 2.24) is 19.9 Å². The smallest absolute Gasteiger partial charge is 0.321 e. The molecule has 45 heavy (non-hydrogen) atoms. The number of hydrogen-bond acceptors (Lipinski definition) is 9. The number of likely N-dealkylation sites (N-methyl/N-ethyl adjacent to an activating group) is 1. The summed E-state index contributed by atoms with van der Waals surface area (Å²) in [6, 6.07) is 11.2. The highest BCUT2D eigenvalue weighted by Gasteiger charge is 2.35. The van der Waals surface area contributed by atoms with E-state index in [-0.39, 0.29) is 54.8 Å². The lowest BCUT2D eigenvalue weighted by Crippen LogP contribution is -2.50. The van der Waals surface area contributed by atoms with E-state index in [2.05, 4.69) is 20.8 Å². The highest BCUT2D eigenvalue weighted by atomic mass is 32.1. The summed E-state index contributed by atoms with van der Waals surface area (Å²) in [5.41, 5.74) is 2.94. The molecule has 0 saturated carbocycles. The predicted octanol–water partition coefficient (Wildman–Crippen LogP) is 5.05. The Hall–Kier alpha value is -4.75. The SMILES string of the molecule is Cc1noc(C)c1NC(=O)N(C)C[C@@H]1Oc2c(NC(=O)c3ccc(-c4nccs4)cc3)cccc2C(=O)N([C@@H](C)CO)C[C@@H]1C. The summed E-state index contributed by atoms with van der Waals surface area (Å²) in [5, 5.41) is 22.4. The van der Waals surface area contributed by atoms with E-state index < -0.39 is 12.1 Å². The molecule has 0 radical (unpaired) electrons. The second-order valence-corrected chi connectivity index (χ2v) is 12.1. The van der Waals surface area contributed by atoms with Crippen LogP contribution in [0.15, 0.2) is 58.6 Å². The number of aliphatic hydroxyl groups excluding tert-OH is 1. The van der Waals surface area contributed by atoms with Gasteiger partial charge >= 0.3 is 6.03 Å². The van der Waals surface area contributed by atoms with Crippen molar-refractivity contribution in [3.8, 4) is 16.3 Å².